The highest BCUT2D eigenvalue weighted by atomic mass is 16.5. The minimum atomic E-state index is 0.787. The second kappa shape index (κ2) is 6.63. The van der Waals surface area contributed by atoms with Gasteiger partial charge in [-0.25, -0.2) is 4.68 Å². The Bertz CT molecular complexity index is 898. The SMILES string of the molecule is CCc1ccccc1-n1nc(Cc2ccccc2OC)c2c1NCC2. The number of nitrogens with zero attached hydrogens (tertiary/aromatic N) is 2. The van der Waals surface area contributed by atoms with Gasteiger partial charge >= 0.3 is 0 Å². The number of anilines is 1. The minimum Gasteiger partial charge on any atom is -0.496 e. The van der Waals surface area contributed by atoms with Crippen molar-refractivity contribution in [2.24, 2.45) is 0 Å². The van der Waals surface area contributed by atoms with Crippen LogP contribution >= 0.6 is 0 Å². The van der Waals surface area contributed by atoms with E-state index in [1.807, 2.05) is 12.1 Å². The van der Waals surface area contributed by atoms with Crippen LogP contribution in [0.4, 0.5) is 5.82 Å². The van der Waals surface area contributed by atoms with Crippen LogP contribution in [0.5, 0.6) is 5.75 Å². The first-order valence-corrected chi connectivity index (χ1v) is 8.86. The second-order valence-electron chi connectivity index (χ2n) is 6.33. The Morgan fingerprint density at radius 1 is 1.08 bits per heavy atom. The number of benzene rings is 2. The van der Waals surface area contributed by atoms with Crippen molar-refractivity contribution in [2.75, 3.05) is 19.0 Å². The fraction of sp³-hybridized carbons (Fsp3) is 0.286. The molecule has 0 fully saturated rings. The summed E-state index contributed by atoms with van der Waals surface area (Å²) in [5.74, 6) is 2.07. The summed E-state index contributed by atoms with van der Waals surface area (Å²) in [5, 5.41) is 8.50. The Balaban J connectivity index is 1.78. The molecule has 4 rings (SSSR count). The molecule has 0 unspecified atom stereocenters. The Hall–Kier alpha value is -2.75. The van der Waals surface area contributed by atoms with Crippen LogP contribution in [0.2, 0.25) is 0 Å². The zero-order valence-corrected chi connectivity index (χ0v) is 14.7. The molecule has 1 aliphatic rings. The average molecular weight is 333 g/mol. The molecule has 3 aromatic rings. The van der Waals surface area contributed by atoms with Gasteiger partial charge < -0.3 is 10.1 Å². The molecule has 0 saturated heterocycles. The van der Waals surface area contributed by atoms with E-state index in [4.69, 9.17) is 9.84 Å². The van der Waals surface area contributed by atoms with Crippen LogP contribution in [0.25, 0.3) is 5.69 Å². The lowest BCUT2D eigenvalue weighted by Gasteiger charge is -2.11. The molecule has 2 heterocycles. The molecule has 128 valence electrons. The molecule has 2 aromatic carbocycles. The van der Waals surface area contributed by atoms with Crippen molar-refractivity contribution in [2.45, 2.75) is 26.2 Å². The number of para-hydroxylation sites is 2. The van der Waals surface area contributed by atoms with Gasteiger partial charge in [0.2, 0.25) is 0 Å². The summed E-state index contributed by atoms with van der Waals surface area (Å²) >= 11 is 0. The van der Waals surface area contributed by atoms with E-state index in [0.29, 0.717) is 0 Å². The molecule has 4 heteroatoms. The van der Waals surface area contributed by atoms with Crippen LogP contribution in [0.15, 0.2) is 48.5 Å². The maximum atomic E-state index is 5.51. The fourth-order valence-electron chi connectivity index (χ4n) is 3.61. The number of hydrogen-bond acceptors (Lipinski definition) is 3. The number of fused-ring (bicyclic) bond motifs is 1. The van der Waals surface area contributed by atoms with E-state index in [9.17, 15) is 0 Å². The first-order chi connectivity index (χ1) is 12.3. The highest BCUT2D eigenvalue weighted by Crippen LogP contribution is 2.32. The highest BCUT2D eigenvalue weighted by Gasteiger charge is 2.24. The first kappa shape index (κ1) is 15.8. The van der Waals surface area contributed by atoms with Crippen LogP contribution in [-0.2, 0) is 19.3 Å². The van der Waals surface area contributed by atoms with Crippen LogP contribution in [0, 0.1) is 0 Å². The lowest BCUT2D eigenvalue weighted by atomic mass is 10.0. The Kier molecular flexibility index (Phi) is 4.18. The maximum Gasteiger partial charge on any atom is 0.133 e. The van der Waals surface area contributed by atoms with Crippen molar-refractivity contribution in [3.63, 3.8) is 0 Å². The van der Waals surface area contributed by atoms with Gasteiger partial charge in [0.25, 0.3) is 0 Å². The lowest BCUT2D eigenvalue weighted by Crippen LogP contribution is -2.07. The Morgan fingerprint density at radius 3 is 2.64 bits per heavy atom. The van der Waals surface area contributed by atoms with Gasteiger partial charge in [0.1, 0.15) is 11.6 Å². The first-order valence-electron chi connectivity index (χ1n) is 8.86. The number of nitrogens with one attached hydrogen (secondary N) is 1. The highest BCUT2D eigenvalue weighted by molar-refractivity contribution is 5.59. The lowest BCUT2D eigenvalue weighted by molar-refractivity contribution is 0.410. The van der Waals surface area contributed by atoms with E-state index in [-0.39, 0.29) is 0 Å². The van der Waals surface area contributed by atoms with Crippen LogP contribution in [0.3, 0.4) is 0 Å². The summed E-state index contributed by atoms with van der Waals surface area (Å²) in [7, 11) is 1.72. The second-order valence-corrected chi connectivity index (χ2v) is 6.33. The Labute approximate surface area is 148 Å². The molecule has 25 heavy (non-hydrogen) atoms. The van der Waals surface area contributed by atoms with Gasteiger partial charge in [0.15, 0.2) is 0 Å². The van der Waals surface area contributed by atoms with Gasteiger partial charge in [-0.15, -0.1) is 0 Å². The average Bonchev–Trinajstić information content (AvgIpc) is 3.26. The van der Waals surface area contributed by atoms with Crippen molar-refractivity contribution >= 4 is 5.82 Å². The third-order valence-corrected chi connectivity index (χ3v) is 4.89. The van der Waals surface area contributed by atoms with Gasteiger partial charge in [-0.3, -0.25) is 0 Å². The summed E-state index contributed by atoms with van der Waals surface area (Å²) in [6, 6.07) is 16.7. The fourth-order valence-corrected chi connectivity index (χ4v) is 3.61. The largest absolute Gasteiger partial charge is 0.496 e. The molecular weight excluding hydrogens is 310 g/mol. The third-order valence-electron chi connectivity index (χ3n) is 4.89. The van der Waals surface area contributed by atoms with Crippen molar-refractivity contribution < 1.29 is 4.74 Å². The van der Waals surface area contributed by atoms with E-state index in [1.165, 1.54) is 22.4 Å². The molecule has 1 N–H and O–H groups in total. The molecule has 0 spiro atoms. The maximum absolute atomic E-state index is 5.51. The van der Waals surface area contributed by atoms with Crippen molar-refractivity contribution in [1.82, 2.24) is 9.78 Å². The minimum absolute atomic E-state index is 0.787. The third kappa shape index (κ3) is 2.78. The van der Waals surface area contributed by atoms with Gasteiger partial charge in [-0.05, 0) is 30.5 Å². The van der Waals surface area contributed by atoms with E-state index < -0.39 is 0 Å². The monoisotopic (exact) mass is 333 g/mol. The van der Waals surface area contributed by atoms with Crippen molar-refractivity contribution in [3.05, 3.63) is 70.9 Å². The van der Waals surface area contributed by atoms with E-state index in [1.54, 1.807) is 7.11 Å². The molecule has 1 aromatic heterocycles. The van der Waals surface area contributed by atoms with Crippen molar-refractivity contribution in [1.29, 1.82) is 0 Å². The van der Waals surface area contributed by atoms with E-state index >= 15 is 0 Å². The predicted molar refractivity (Wildman–Crippen MR) is 101 cm³/mol. The quantitative estimate of drug-likeness (QED) is 0.767. The van der Waals surface area contributed by atoms with Gasteiger partial charge in [0, 0.05) is 24.1 Å². The molecule has 0 radical (unpaired) electrons. The zero-order valence-electron chi connectivity index (χ0n) is 14.7. The zero-order chi connectivity index (χ0) is 17.2. The van der Waals surface area contributed by atoms with Crippen molar-refractivity contribution in [3.8, 4) is 11.4 Å². The number of rotatable bonds is 5. The topological polar surface area (TPSA) is 39.1 Å². The predicted octanol–water partition coefficient (Wildman–Crippen LogP) is 4.00. The molecule has 0 saturated carbocycles. The number of aromatic nitrogens is 2. The molecular formula is C21H23N3O. The molecule has 4 nitrogen and oxygen atoms in total. The summed E-state index contributed by atoms with van der Waals surface area (Å²) < 4.78 is 7.60. The van der Waals surface area contributed by atoms with E-state index in [0.717, 1.165) is 43.1 Å². The Morgan fingerprint density at radius 2 is 1.84 bits per heavy atom. The summed E-state index contributed by atoms with van der Waals surface area (Å²) in [5.41, 5.74) is 6.12. The van der Waals surface area contributed by atoms with Crippen LogP contribution in [0.1, 0.15) is 29.3 Å². The van der Waals surface area contributed by atoms with Crippen LogP contribution in [-0.4, -0.2) is 23.4 Å². The van der Waals surface area contributed by atoms with E-state index in [2.05, 4.69) is 53.3 Å². The molecule has 0 atom stereocenters. The van der Waals surface area contributed by atoms with Gasteiger partial charge in [-0.2, -0.15) is 5.10 Å². The summed E-state index contributed by atoms with van der Waals surface area (Å²) in [6.45, 7) is 3.16. The van der Waals surface area contributed by atoms with Gasteiger partial charge in [-0.1, -0.05) is 43.3 Å². The number of methoxy groups -OCH3 is 1. The molecule has 0 bridgehead atoms. The van der Waals surface area contributed by atoms with Gasteiger partial charge in [0.05, 0.1) is 18.5 Å². The number of hydrogen-bond donors (Lipinski definition) is 1. The molecule has 1 aliphatic heterocycles. The standard InChI is InChI=1S/C21H23N3O/c1-3-15-8-4-6-10-19(15)24-21-17(12-13-22-21)18(23-24)14-16-9-5-7-11-20(16)25-2/h4-11,22H,3,12-14H2,1-2H3. The van der Waals surface area contributed by atoms with Crippen LogP contribution < -0.4 is 10.1 Å². The number of ether oxygens (including phenoxy) is 1. The number of aryl methyl sites for hydroxylation is 1. The summed E-state index contributed by atoms with van der Waals surface area (Å²) in [6.07, 6.45) is 2.80. The normalized spacial score (nSPS) is 12.7. The summed E-state index contributed by atoms with van der Waals surface area (Å²) in [4.78, 5) is 0. The molecule has 0 aliphatic carbocycles. The smallest absolute Gasteiger partial charge is 0.133 e. The molecule has 0 amide bonds.